The third kappa shape index (κ3) is 9.75. The number of amides is 2. The van der Waals surface area contributed by atoms with Crippen molar-refractivity contribution in [1.82, 2.24) is 5.32 Å². The van der Waals surface area contributed by atoms with Crippen LogP contribution in [-0.4, -0.2) is 11.8 Å². The van der Waals surface area contributed by atoms with E-state index in [2.05, 4.69) is 11.9 Å². The van der Waals surface area contributed by atoms with Crippen LogP contribution in [0.1, 0.15) is 96.3 Å². The summed E-state index contributed by atoms with van der Waals surface area (Å²) in [5.41, 5.74) is 0.547. The van der Waals surface area contributed by atoms with E-state index in [0.717, 1.165) is 25.7 Å². The highest BCUT2D eigenvalue weighted by molar-refractivity contribution is 6.03. The van der Waals surface area contributed by atoms with Gasteiger partial charge in [-0.25, -0.2) is 0 Å². The summed E-state index contributed by atoms with van der Waals surface area (Å²) in [5, 5.41) is 2.47. The van der Waals surface area contributed by atoms with Crippen molar-refractivity contribution < 1.29 is 9.59 Å². The molecule has 0 bridgehead atoms. The fourth-order valence-corrected chi connectivity index (χ4v) is 2.96. The highest BCUT2D eigenvalue weighted by Gasteiger charge is 2.11. The molecular formula is C19H33NO2. The van der Waals surface area contributed by atoms with Crippen LogP contribution < -0.4 is 5.32 Å². The summed E-state index contributed by atoms with van der Waals surface area (Å²) in [6, 6.07) is 0. The zero-order valence-electron chi connectivity index (χ0n) is 14.1. The molecule has 1 rings (SSSR count). The van der Waals surface area contributed by atoms with E-state index in [4.69, 9.17) is 0 Å². The second kappa shape index (κ2) is 12.4. The smallest absolute Gasteiger partial charge is 0.253 e. The van der Waals surface area contributed by atoms with Crippen LogP contribution in [0.2, 0.25) is 0 Å². The van der Waals surface area contributed by atoms with Gasteiger partial charge in [0.2, 0.25) is 5.91 Å². The predicted molar refractivity (Wildman–Crippen MR) is 91.5 cm³/mol. The van der Waals surface area contributed by atoms with E-state index in [1.165, 1.54) is 57.8 Å². The predicted octanol–water partition coefficient (Wildman–Crippen LogP) is 5.05. The van der Waals surface area contributed by atoms with Crippen LogP contribution in [0.25, 0.3) is 0 Å². The Labute approximate surface area is 135 Å². The molecule has 1 N–H and O–H groups in total. The van der Waals surface area contributed by atoms with E-state index < -0.39 is 0 Å². The molecule has 1 saturated heterocycles. The number of carbonyl (C=O) groups is 2. The summed E-state index contributed by atoms with van der Waals surface area (Å²) in [6.07, 6.45) is 17.1. The van der Waals surface area contributed by atoms with Crippen LogP contribution in [0.4, 0.5) is 0 Å². The number of hydrogen-bond donors (Lipinski definition) is 1. The molecule has 3 heteroatoms. The van der Waals surface area contributed by atoms with Crippen LogP contribution in [0.5, 0.6) is 0 Å². The van der Waals surface area contributed by atoms with Crippen molar-refractivity contribution in [2.24, 2.45) is 0 Å². The van der Waals surface area contributed by atoms with Crippen molar-refractivity contribution in [3.63, 3.8) is 0 Å². The van der Waals surface area contributed by atoms with E-state index >= 15 is 0 Å². The van der Waals surface area contributed by atoms with Gasteiger partial charge in [-0.3, -0.25) is 14.9 Å². The Morgan fingerprint density at radius 2 is 0.955 bits per heavy atom. The van der Waals surface area contributed by atoms with Gasteiger partial charge < -0.3 is 0 Å². The standard InChI is InChI=1S/C19H33NO2/c1-17-15-13-11-9-7-5-3-2-4-6-8-10-12-14-16-18(21)20-19(17)22/h1-16H2,(H,20,21,22). The summed E-state index contributed by atoms with van der Waals surface area (Å²) in [4.78, 5) is 23.5. The van der Waals surface area contributed by atoms with Crippen LogP contribution in [0, 0.1) is 0 Å². The van der Waals surface area contributed by atoms with Crippen molar-refractivity contribution in [1.29, 1.82) is 0 Å². The Morgan fingerprint density at radius 1 is 0.591 bits per heavy atom. The summed E-state index contributed by atoms with van der Waals surface area (Å²) in [6.45, 7) is 3.81. The minimum atomic E-state index is -0.275. The third-order valence-corrected chi connectivity index (χ3v) is 4.46. The fraction of sp³-hybridized carbons (Fsp3) is 0.789. The van der Waals surface area contributed by atoms with Crippen molar-refractivity contribution >= 4 is 11.8 Å². The molecular weight excluding hydrogens is 274 g/mol. The average Bonchev–Trinajstić information content (AvgIpc) is 2.50. The molecule has 1 aliphatic heterocycles. The van der Waals surface area contributed by atoms with Crippen LogP contribution >= 0.6 is 0 Å². The molecule has 0 aromatic carbocycles. The molecule has 0 unspecified atom stereocenters. The summed E-state index contributed by atoms with van der Waals surface area (Å²) >= 11 is 0. The lowest BCUT2D eigenvalue weighted by Gasteiger charge is -2.07. The first-order chi connectivity index (χ1) is 10.7. The quantitative estimate of drug-likeness (QED) is 0.503. The Hall–Kier alpha value is -1.12. The average molecular weight is 307 g/mol. The van der Waals surface area contributed by atoms with Gasteiger partial charge in [-0.2, -0.15) is 0 Å². The lowest BCUT2D eigenvalue weighted by molar-refractivity contribution is -0.128. The van der Waals surface area contributed by atoms with Gasteiger partial charge in [0.25, 0.3) is 5.91 Å². The molecule has 2 amide bonds. The Morgan fingerprint density at radius 3 is 1.41 bits per heavy atom. The fourth-order valence-electron chi connectivity index (χ4n) is 2.96. The van der Waals surface area contributed by atoms with E-state index in [0.29, 0.717) is 18.4 Å². The molecule has 1 aliphatic rings. The number of carbonyl (C=O) groups excluding carboxylic acids is 2. The second-order valence-electron chi connectivity index (χ2n) is 6.58. The molecule has 1 heterocycles. The minimum Gasteiger partial charge on any atom is -0.293 e. The zero-order valence-corrected chi connectivity index (χ0v) is 14.1. The van der Waals surface area contributed by atoms with Gasteiger partial charge in [-0.15, -0.1) is 0 Å². The van der Waals surface area contributed by atoms with Crippen molar-refractivity contribution in [3.05, 3.63) is 12.2 Å². The normalized spacial score (nSPS) is 22.3. The number of nitrogens with one attached hydrogen (secondary N) is 1. The number of hydrogen-bond acceptors (Lipinski definition) is 2. The maximum Gasteiger partial charge on any atom is 0.253 e. The minimum absolute atomic E-state index is 0.149. The molecule has 126 valence electrons. The van der Waals surface area contributed by atoms with E-state index in [1.54, 1.807) is 0 Å². The number of imide groups is 1. The van der Waals surface area contributed by atoms with Crippen molar-refractivity contribution in [2.75, 3.05) is 0 Å². The molecule has 1 fully saturated rings. The lowest BCUT2D eigenvalue weighted by Crippen LogP contribution is -2.31. The molecule has 0 atom stereocenters. The van der Waals surface area contributed by atoms with Crippen LogP contribution in [0.3, 0.4) is 0 Å². The first-order valence-electron chi connectivity index (χ1n) is 9.22. The number of rotatable bonds is 0. The van der Waals surface area contributed by atoms with Gasteiger partial charge in [0.1, 0.15) is 0 Å². The molecule has 0 saturated carbocycles. The molecule has 0 aliphatic carbocycles. The molecule has 0 aromatic heterocycles. The Bertz CT molecular complexity index is 349. The van der Waals surface area contributed by atoms with Gasteiger partial charge >= 0.3 is 0 Å². The van der Waals surface area contributed by atoms with E-state index in [1.807, 2.05) is 0 Å². The van der Waals surface area contributed by atoms with Crippen molar-refractivity contribution in [3.8, 4) is 0 Å². The first-order valence-corrected chi connectivity index (χ1v) is 9.22. The SMILES string of the molecule is C=C1CCCCCCCCCCCCCCCC(=O)NC1=O. The van der Waals surface area contributed by atoms with E-state index in [9.17, 15) is 9.59 Å². The molecule has 0 radical (unpaired) electrons. The lowest BCUT2D eigenvalue weighted by atomic mass is 10.0. The molecule has 0 spiro atoms. The summed E-state index contributed by atoms with van der Waals surface area (Å²) < 4.78 is 0. The van der Waals surface area contributed by atoms with Crippen molar-refractivity contribution in [2.45, 2.75) is 96.3 Å². The van der Waals surface area contributed by atoms with Gasteiger partial charge in [0, 0.05) is 12.0 Å². The summed E-state index contributed by atoms with van der Waals surface area (Å²) in [5.74, 6) is -0.424. The maximum absolute atomic E-state index is 11.8. The highest BCUT2D eigenvalue weighted by Crippen LogP contribution is 2.15. The third-order valence-electron chi connectivity index (χ3n) is 4.46. The van der Waals surface area contributed by atoms with Crippen LogP contribution in [-0.2, 0) is 9.59 Å². The first kappa shape index (κ1) is 18.9. The van der Waals surface area contributed by atoms with Gasteiger partial charge in [-0.05, 0) is 19.3 Å². The second-order valence-corrected chi connectivity index (χ2v) is 6.58. The van der Waals surface area contributed by atoms with E-state index in [-0.39, 0.29) is 11.8 Å². The summed E-state index contributed by atoms with van der Waals surface area (Å²) in [7, 11) is 0. The zero-order chi connectivity index (χ0) is 16.0. The topological polar surface area (TPSA) is 46.2 Å². The Balaban J connectivity index is 2.32. The van der Waals surface area contributed by atoms with Gasteiger partial charge in [-0.1, -0.05) is 77.2 Å². The van der Waals surface area contributed by atoms with Crippen LogP contribution in [0.15, 0.2) is 12.2 Å². The molecule has 3 nitrogen and oxygen atoms in total. The van der Waals surface area contributed by atoms with Gasteiger partial charge in [0.15, 0.2) is 0 Å². The molecule has 22 heavy (non-hydrogen) atoms. The maximum atomic E-state index is 11.8. The Kier molecular flexibility index (Phi) is 10.7. The highest BCUT2D eigenvalue weighted by atomic mass is 16.2. The largest absolute Gasteiger partial charge is 0.293 e. The molecule has 0 aromatic rings. The monoisotopic (exact) mass is 307 g/mol. The van der Waals surface area contributed by atoms with Gasteiger partial charge in [0.05, 0.1) is 0 Å².